The summed E-state index contributed by atoms with van der Waals surface area (Å²) in [7, 11) is 0. The highest BCUT2D eigenvalue weighted by molar-refractivity contribution is 6.30. The molecule has 2 heterocycles. The number of hydrazine groups is 2. The first kappa shape index (κ1) is 20.4. The maximum absolute atomic E-state index is 9.62. The molecule has 0 amide bonds. The van der Waals surface area contributed by atoms with Crippen molar-refractivity contribution >= 4 is 40.6 Å². The van der Waals surface area contributed by atoms with Gasteiger partial charge in [0, 0.05) is 29.3 Å². The predicted molar refractivity (Wildman–Crippen MR) is 115 cm³/mol. The number of halogens is 1. The van der Waals surface area contributed by atoms with Crippen LogP contribution in [0.15, 0.2) is 24.3 Å². The highest BCUT2D eigenvalue weighted by Crippen LogP contribution is 2.41. The van der Waals surface area contributed by atoms with Gasteiger partial charge in [-0.3, -0.25) is 10.0 Å². The summed E-state index contributed by atoms with van der Waals surface area (Å²) in [6.45, 7) is 10.5. The van der Waals surface area contributed by atoms with Crippen LogP contribution < -0.4 is 26.2 Å². The van der Waals surface area contributed by atoms with Crippen molar-refractivity contribution < 1.29 is 5.11 Å². The lowest BCUT2D eigenvalue weighted by Crippen LogP contribution is -2.50. The molecule has 1 atom stereocenters. The molecule has 1 aliphatic rings. The second kappa shape index (κ2) is 8.38. The van der Waals surface area contributed by atoms with Crippen LogP contribution in [-0.2, 0) is 0 Å². The fourth-order valence-corrected chi connectivity index (χ4v) is 2.98. The summed E-state index contributed by atoms with van der Waals surface area (Å²) in [4.78, 5) is 9.38. The fourth-order valence-electron chi connectivity index (χ4n) is 2.86. The highest BCUT2D eigenvalue weighted by Gasteiger charge is 2.34. The van der Waals surface area contributed by atoms with E-state index in [4.69, 9.17) is 16.6 Å². The van der Waals surface area contributed by atoms with Crippen LogP contribution in [0.4, 0.5) is 29.0 Å². The van der Waals surface area contributed by atoms with Gasteiger partial charge in [-0.15, -0.1) is 5.53 Å². The number of aromatic nitrogens is 2. The Hall–Kier alpha value is -2.29. The zero-order valence-corrected chi connectivity index (χ0v) is 17.6. The van der Waals surface area contributed by atoms with Crippen molar-refractivity contribution in [1.29, 1.82) is 0 Å². The number of nitrogens with zero attached hydrogens (tertiary/aromatic N) is 4. The third kappa shape index (κ3) is 4.40. The Morgan fingerprint density at radius 1 is 1.04 bits per heavy atom. The summed E-state index contributed by atoms with van der Waals surface area (Å²) in [5.41, 5.74) is 5.16. The summed E-state index contributed by atoms with van der Waals surface area (Å²) in [6, 6.07) is 7.84. The van der Waals surface area contributed by atoms with Gasteiger partial charge in [0.2, 0.25) is 5.95 Å². The standard InChI is InChI=1S/C19H28ClN7O/c1-11(2)26-16-17(22-15-8-6-14(20)7-9-15)23-19(21-10-13(5)28)24-18(16)27(25-26)12(3)4/h6-9,11-13,25,28H,10H2,1-5H3,(H2,21,22,23,24). The first-order chi connectivity index (χ1) is 13.3. The lowest BCUT2D eigenvalue weighted by atomic mass is 10.2. The molecule has 0 fully saturated rings. The average Bonchev–Trinajstić information content (AvgIpc) is 3.02. The number of benzene rings is 1. The Kier molecular flexibility index (Phi) is 6.12. The molecule has 1 aromatic carbocycles. The largest absolute Gasteiger partial charge is 0.392 e. The molecule has 0 saturated heterocycles. The highest BCUT2D eigenvalue weighted by atomic mass is 35.5. The monoisotopic (exact) mass is 405 g/mol. The minimum Gasteiger partial charge on any atom is -0.392 e. The lowest BCUT2D eigenvalue weighted by Gasteiger charge is -2.27. The topological polar surface area (TPSA) is 88.6 Å². The molecule has 2 aromatic rings. The van der Waals surface area contributed by atoms with Crippen molar-refractivity contribution in [2.24, 2.45) is 0 Å². The van der Waals surface area contributed by atoms with Gasteiger partial charge in [0.25, 0.3) is 0 Å². The Bertz CT molecular complexity index is 811. The molecular weight excluding hydrogens is 378 g/mol. The number of aliphatic hydroxyl groups excluding tert-OH is 1. The van der Waals surface area contributed by atoms with E-state index in [1.807, 2.05) is 34.3 Å². The molecule has 8 nitrogen and oxygen atoms in total. The Morgan fingerprint density at radius 3 is 2.25 bits per heavy atom. The zero-order chi connectivity index (χ0) is 20.4. The van der Waals surface area contributed by atoms with Gasteiger partial charge in [-0.2, -0.15) is 9.97 Å². The Balaban J connectivity index is 2.06. The van der Waals surface area contributed by atoms with Gasteiger partial charge in [-0.05, 0) is 58.9 Å². The van der Waals surface area contributed by atoms with Crippen molar-refractivity contribution in [2.75, 3.05) is 27.2 Å². The van der Waals surface area contributed by atoms with Crippen LogP contribution in [0.5, 0.6) is 0 Å². The molecule has 1 unspecified atom stereocenters. The third-order valence-electron chi connectivity index (χ3n) is 4.25. The summed E-state index contributed by atoms with van der Waals surface area (Å²) in [5, 5.41) is 20.8. The molecule has 9 heteroatoms. The second-order valence-electron chi connectivity index (χ2n) is 7.46. The first-order valence-electron chi connectivity index (χ1n) is 9.47. The molecule has 1 aromatic heterocycles. The van der Waals surface area contributed by atoms with E-state index in [2.05, 4.69) is 48.8 Å². The van der Waals surface area contributed by atoms with Crippen molar-refractivity contribution in [2.45, 2.75) is 52.8 Å². The van der Waals surface area contributed by atoms with E-state index >= 15 is 0 Å². The molecule has 3 rings (SSSR count). The number of hydrogen-bond acceptors (Lipinski definition) is 8. The molecular formula is C19H28ClN7O. The number of anilines is 5. The van der Waals surface area contributed by atoms with Gasteiger partial charge in [-0.25, -0.2) is 0 Å². The van der Waals surface area contributed by atoms with Gasteiger partial charge < -0.3 is 15.7 Å². The minimum absolute atomic E-state index is 0.186. The SMILES string of the molecule is CC(O)CNc1nc(Nc2ccc(Cl)cc2)c2c(n1)N(C(C)C)NN2C(C)C. The number of rotatable bonds is 7. The average molecular weight is 406 g/mol. The van der Waals surface area contributed by atoms with Crippen LogP contribution >= 0.6 is 11.6 Å². The normalized spacial score (nSPS) is 14.6. The summed E-state index contributed by atoms with van der Waals surface area (Å²) < 4.78 is 0. The molecule has 0 aliphatic carbocycles. The van der Waals surface area contributed by atoms with E-state index in [9.17, 15) is 5.11 Å². The van der Waals surface area contributed by atoms with Crippen LogP contribution in [0.25, 0.3) is 0 Å². The van der Waals surface area contributed by atoms with Gasteiger partial charge in [0.1, 0.15) is 5.69 Å². The van der Waals surface area contributed by atoms with Crippen molar-refractivity contribution in [1.82, 2.24) is 15.5 Å². The molecule has 0 saturated carbocycles. The van der Waals surface area contributed by atoms with Crippen LogP contribution in [0, 0.1) is 0 Å². The van der Waals surface area contributed by atoms with E-state index in [-0.39, 0.29) is 12.1 Å². The molecule has 0 spiro atoms. The van der Waals surface area contributed by atoms with Crippen molar-refractivity contribution in [3.8, 4) is 0 Å². The summed E-state index contributed by atoms with van der Waals surface area (Å²) >= 11 is 6.01. The second-order valence-corrected chi connectivity index (χ2v) is 7.89. The lowest BCUT2D eigenvalue weighted by molar-refractivity contribution is 0.208. The van der Waals surface area contributed by atoms with E-state index in [1.54, 1.807) is 6.92 Å². The van der Waals surface area contributed by atoms with Gasteiger partial charge >= 0.3 is 0 Å². The number of hydrogen-bond donors (Lipinski definition) is 4. The van der Waals surface area contributed by atoms with Crippen LogP contribution in [-0.4, -0.2) is 39.8 Å². The van der Waals surface area contributed by atoms with Gasteiger partial charge in [-0.1, -0.05) is 11.6 Å². The maximum Gasteiger partial charge on any atom is 0.226 e. The van der Waals surface area contributed by atoms with Gasteiger partial charge in [0.15, 0.2) is 11.6 Å². The minimum atomic E-state index is -0.504. The van der Waals surface area contributed by atoms with Crippen molar-refractivity contribution in [3.63, 3.8) is 0 Å². The van der Waals surface area contributed by atoms with E-state index in [1.165, 1.54) is 0 Å². The molecule has 152 valence electrons. The van der Waals surface area contributed by atoms with Gasteiger partial charge in [0.05, 0.1) is 6.10 Å². The van der Waals surface area contributed by atoms with Crippen LogP contribution in [0.3, 0.4) is 0 Å². The summed E-state index contributed by atoms with van der Waals surface area (Å²) in [6.07, 6.45) is -0.504. The first-order valence-corrected chi connectivity index (χ1v) is 9.85. The number of aliphatic hydroxyl groups is 1. The molecule has 1 aliphatic heterocycles. The molecule has 0 bridgehead atoms. The maximum atomic E-state index is 9.62. The molecule has 0 radical (unpaired) electrons. The van der Waals surface area contributed by atoms with Crippen LogP contribution in [0.2, 0.25) is 5.02 Å². The Labute approximate surface area is 170 Å². The van der Waals surface area contributed by atoms with Crippen molar-refractivity contribution in [3.05, 3.63) is 29.3 Å². The van der Waals surface area contributed by atoms with E-state index in [0.29, 0.717) is 23.3 Å². The number of nitrogens with one attached hydrogen (secondary N) is 3. The fraction of sp³-hybridized carbons (Fsp3) is 0.474. The predicted octanol–water partition coefficient (Wildman–Crippen LogP) is 3.53. The molecule has 4 N–H and O–H groups in total. The quantitative estimate of drug-likeness (QED) is 0.556. The van der Waals surface area contributed by atoms with Crippen LogP contribution in [0.1, 0.15) is 34.6 Å². The molecule has 28 heavy (non-hydrogen) atoms. The van der Waals surface area contributed by atoms with E-state index in [0.717, 1.165) is 17.2 Å². The van der Waals surface area contributed by atoms with E-state index < -0.39 is 6.10 Å². The third-order valence-corrected chi connectivity index (χ3v) is 4.50. The Morgan fingerprint density at radius 2 is 1.68 bits per heavy atom. The number of fused-ring (bicyclic) bond motifs is 1. The summed E-state index contributed by atoms with van der Waals surface area (Å²) in [5.74, 6) is 1.90. The zero-order valence-electron chi connectivity index (χ0n) is 16.9. The smallest absolute Gasteiger partial charge is 0.226 e.